The van der Waals surface area contributed by atoms with Gasteiger partial charge in [-0.1, -0.05) is 57.7 Å². The molecule has 0 bridgehead atoms. The van der Waals surface area contributed by atoms with Gasteiger partial charge in [-0.15, -0.1) is 0 Å². The molecule has 0 saturated carbocycles. The summed E-state index contributed by atoms with van der Waals surface area (Å²) in [6.45, 7) is 9.41. The van der Waals surface area contributed by atoms with E-state index in [0.29, 0.717) is 0 Å². The second-order valence-corrected chi connectivity index (χ2v) is 7.55. The summed E-state index contributed by atoms with van der Waals surface area (Å²) in [5, 5.41) is 10.7. The van der Waals surface area contributed by atoms with Gasteiger partial charge in [0.25, 0.3) is 0 Å². The second kappa shape index (κ2) is 11.5. The molecule has 0 aromatic heterocycles. The van der Waals surface area contributed by atoms with Gasteiger partial charge in [-0.2, -0.15) is 0 Å². The standard InChI is InChI=1S/C22H38N2O/c1-3-5-9-15-23(16-10-6-4-2)18-21(25)19-24-17-11-13-20-12-7-8-14-22(20)24/h7-8,12,14,21,25H,3-6,9-11,13,15-19H2,1-2H3/t21-/m0/s1. The molecule has 1 N–H and O–H groups in total. The van der Waals surface area contributed by atoms with Gasteiger partial charge in [0.05, 0.1) is 6.10 Å². The lowest BCUT2D eigenvalue weighted by molar-refractivity contribution is 0.114. The number of aryl methyl sites for hydroxylation is 1. The monoisotopic (exact) mass is 346 g/mol. The number of hydrogen-bond donors (Lipinski definition) is 1. The predicted octanol–water partition coefficient (Wildman–Crippen LogP) is 4.48. The Morgan fingerprint density at radius 2 is 1.72 bits per heavy atom. The van der Waals surface area contributed by atoms with Gasteiger partial charge in [0.1, 0.15) is 0 Å². The highest BCUT2D eigenvalue weighted by Gasteiger charge is 2.20. The average Bonchev–Trinajstić information content (AvgIpc) is 2.62. The molecule has 1 aliphatic rings. The van der Waals surface area contributed by atoms with Crippen molar-refractivity contribution in [2.24, 2.45) is 0 Å². The first-order chi connectivity index (χ1) is 12.2. The van der Waals surface area contributed by atoms with E-state index in [1.54, 1.807) is 0 Å². The molecule has 1 aromatic rings. The zero-order chi connectivity index (χ0) is 17.9. The maximum absolute atomic E-state index is 10.7. The van der Waals surface area contributed by atoms with Gasteiger partial charge < -0.3 is 14.9 Å². The highest BCUT2D eigenvalue weighted by Crippen LogP contribution is 2.26. The number of unbranched alkanes of at least 4 members (excludes halogenated alkanes) is 4. The quantitative estimate of drug-likeness (QED) is 0.565. The van der Waals surface area contributed by atoms with Crippen LogP contribution in [0.1, 0.15) is 64.4 Å². The third kappa shape index (κ3) is 6.99. The van der Waals surface area contributed by atoms with E-state index in [1.807, 2.05) is 0 Å². The number of aliphatic hydroxyl groups excluding tert-OH is 1. The number of benzene rings is 1. The molecule has 3 nitrogen and oxygen atoms in total. The molecule has 2 rings (SSSR count). The number of hydrogen-bond acceptors (Lipinski definition) is 3. The summed E-state index contributed by atoms with van der Waals surface area (Å²) in [7, 11) is 0. The van der Waals surface area contributed by atoms with Crippen LogP contribution in [0, 0.1) is 0 Å². The van der Waals surface area contributed by atoms with Gasteiger partial charge in [0.15, 0.2) is 0 Å². The molecule has 1 aliphatic heterocycles. The van der Waals surface area contributed by atoms with Crippen molar-refractivity contribution in [3.63, 3.8) is 0 Å². The number of aliphatic hydroxyl groups is 1. The first-order valence-corrected chi connectivity index (χ1v) is 10.5. The Bertz CT molecular complexity index is 467. The summed E-state index contributed by atoms with van der Waals surface area (Å²) in [6, 6.07) is 8.68. The lowest BCUT2D eigenvalue weighted by Gasteiger charge is -2.34. The van der Waals surface area contributed by atoms with E-state index in [0.717, 1.165) is 32.7 Å². The van der Waals surface area contributed by atoms with Crippen LogP contribution in [0.2, 0.25) is 0 Å². The molecule has 0 amide bonds. The lowest BCUT2D eigenvalue weighted by Crippen LogP contribution is -2.42. The van der Waals surface area contributed by atoms with E-state index < -0.39 is 0 Å². The van der Waals surface area contributed by atoms with Gasteiger partial charge in [-0.3, -0.25) is 0 Å². The Balaban J connectivity index is 1.86. The van der Waals surface area contributed by atoms with Crippen LogP contribution in [0.25, 0.3) is 0 Å². The van der Waals surface area contributed by atoms with E-state index in [9.17, 15) is 5.11 Å². The summed E-state index contributed by atoms with van der Waals surface area (Å²) in [5.41, 5.74) is 2.76. The maximum Gasteiger partial charge on any atom is 0.0841 e. The minimum Gasteiger partial charge on any atom is -0.390 e. The maximum atomic E-state index is 10.7. The highest BCUT2D eigenvalue weighted by atomic mass is 16.3. The molecule has 3 heteroatoms. The molecule has 25 heavy (non-hydrogen) atoms. The fourth-order valence-corrected chi connectivity index (χ4v) is 3.88. The van der Waals surface area contributed by atoms with Crippen LogP contribution >= 0.6 is 0 Å². The van der Waals surface area contributed by atoms with Gasteiger partial charge in [0.2, 0.25) is 0 Å². The minimum atomic E-state index is -0.269. The smallest absolute Gasteiger partial charge is 0.0841 e. The third-order valence-corrected chi connectivity index (χ3v) is 5.26. The van der Waals surface area contributed by atoms with E-state index in [-0.39, 0.29) is 6.10 Å². The summed E-state index contributed by atoms with van der Waals surface area (Å²) in [6.07, 6.45) is 9.70. The van der Waals surface area contributed by atoms with Crippen LogP contribution in [0.3, 0.4) is 0 Å². The van der Waals surface area contributed by atoms with Crippen molar-refractivity contribution in [3.05, 3.63) is 29.8 Å². The number of anilines is 1. The van der Waals surface area contributed by atoms with E-state index >= 15 is 0 Å². The molecule has 0 unspecified atom stereocenters. The number of β-amino-alcohol motifs (C(OH)–C–C–N with tert-alkyl or cyclic N) is 1. The molecule has 0 spiro atoms. The molecule has 0 radical (unpaired) electrons. The first kappa shape index (κ1) is 20.3. The Morgan fingerprint density at radius 1 is 1.04 bits per heavy atom. The van der Waals surface area contributed by atoms with Crippen molar-refractivity contribution in [2.75, 3.05) is 37.6 Å². The van der Waals surface area contributed by atoms with E-state index in [1.165, 1.54) is 62.6 Å². The number of nitrogens with zero attached hydrogens (tertiary/aromatic N) is 2. The zero-order valence-corrected chi connectivity index (χ0v) is 16.4. The fraction of sp³-hybridized carbons (Fsp3) is 0.727. The molecule has 1 heterocycles. The lowest BCUT2D eigenvalue weighted by atomic mass is 10.0. The third-order valence-electron chi connectivity index (χ3n) is 5.26. The summed E-state index contributed by atoms with van der Waals surface area (Å²) in [5.74, 6) is 0. The minimum absolute atomic E-state index is 0.269. The second-order valence-electron chi connectivity index (χ2n) is 7.55. The SMILES string of the molecule is CCCCCN(CCCCC)C[C@H](O)CN1CCCc2ccccc21. The van der Waals surface area contributed by atoms with Crippen LogP contribution in [0.5, 0.6) is 0 Å². The van der Waals surface area contributed by atoms with Crippen molar-refractivity contribution < 1.29 is 5.11 Å². The van der Waals surface area contributed by atoms with Gasteiger partial charge in [-0.25, -0.2) is 0 Å². The molecule has 1 aromatic carbocycles. The average molecular weight is 347 g/mol. The van der Waals surface area contributed by atoms with Crippen molar-refractivity contribution in [3.8, 4) is 0 Å². The summed E-state index contributed by atoms with van der Waals surface area (Å²) >= 11 is 0. The summed E-state index contributed by atoms with van der Waals surface area (Å²) in [4.78, 5) is 4.88. The van der Waals surface area contributed by atoms with E-state index in [4.69, 9.17) is 0 Å². The van der Waals surface area contributed by atoms with Gasteiger partial charge in [0, 0.05) is 25.3 Å². The topological polar surface area (TPSA) is 26.7 Å². The predicted molar refractivity (Wildman–Crippen MR) is 108 cm³/mol. The Kier molecular flexibility index (Phi) is 9.35. The van der Waals surface area contributed by atoms with Crippen LogP contribution in [-0.2, 0) is 6.42 Å². The first-order valence-electron chi connectivity index (χ1n) is 10.5. The Hall–Kier alpha value is -1.06. The highest BCUT2D eigenvalue weighted by molar-refractivity contribution is 5.55. The number of fused-ring (bicyclic) bond motifs is 1. The molecule has 142 valence electrons. The van der Waals surface area contributed by atoms with E-state index in [2.05, 4.69) is 47.9 Å². The van der Waals surface area contributed by atoms with Crippen molar-refractivity contribution in [2.45, 2.75) is 71.3 Å². The van der Waals surface area contributed by atoms with Crippen LogP contribution in [0.4, 0.5) is 5.69 Å². The van der Waals surface area contributed by atoms with Crippen LogP contribution in [-0.4, -0.2) is 48.8 Å². The van der Waals surface area contributed by atoms with Gasteiger partial charge >= 0.3 is 0 Å². The summed E-state index contributed by atoms with van der Waals surface area (Å²) < 4.78 is 0. The van der Waals surface area contributed by atoms with Crippen molar-refractivity contribution >= 4 is 5.69 Å². The molecule has 0 fully saturated rings. The fourth-order valence-electron chi connectivity index (χ4n) is 3.88. The molecule has 0 aliphatic carbocycles. The molecule has 0 saturated heterocycles. The Morgan fingerprint density at radius 3 is 2.40 bits per heavy atom. The number of rotatable bonds is 12. The molecule has 1 atom stereocenters. The van der Waals surface area contributed by atoms with Crippen molar-refractivity contribution in [1.82, 2.24) is 4.90 Å². The van der Waals surface area contributed by atoms with Crippen molar-refractivity contribution in [1.29, 1.82) is 0 Å². The zero-order valence-electron chi connectivity index (χ0n) is 16.4. The number of para-hydroxylation sites is 1. The van der Waals surface area contributed by atoms with Crippen LogP contribution in [0.15, 0.2) is 24.3 Å². The largest absolute Gasteiger partial charge is 0.390 e. The molecular weight excluding hydrogens is 308 g/mol. The molecular formula is C22H38N2O. The van der Waals surface area contributed by atoms with Crippen LogP contribution < -0.4 is 4.90 Å². The Labute approximate surface area is 155 Å². The normalized spacial score (nSPS) is 15.4. The van der Waals surface area contributed by atoms with Gasteiger partial charge in [-0.05, 0) is 50.4 Å².